The van der Waals surface area contributed by atoms with Crippen molar-refractivity contribution in [3.63, 3.8) is 0 Å². The van der Waals surface area contributed by atoms with Crippen molar-refractivity contribution >= 4 is 5.97 Å². The molecule has 12 heavy (non-hydrogen) atoms. The van der Waals surface area contributed by atoms with Gasteiger partial charge in [-0.05, 0) is 5.57 Å². The zero-order chi connectivity index (χ0) is 9.40. The van der Waals surface area contributed by atoms with E-state index in [4.69, 9.17) is 6.42 Å². The van der Waals surface area contributed by atoms with Crippen molar-refractivity contribution in [3.05, 3.63) is 37.0 Å². The summed E-state index contributed by atoms with van der Waals surface area (Å²) in [6, 6.07) is 0. The first-order chi connectivity index (χ1) is 5.74. The summed E-state index contributed by atoms with van der Waals surface area (Å²) in [5, 5.41) is 0. The van der Waals surface area contributed by atoms with E-state index >= 15 is 0 Å². The minimum absolute atomic E-state index is 0.137. The predicted octanol–water partition coefficient (Wildman–Crippen LogP) is 1.46. The number of ether oxygens (including phenoxy) is 1. The highest BCUT2D eigenvalue weighted by Crippen LogP contribution is 1.96. The summed E-state index contributed by atoms with van der Waals surface area (Å²) < 4.78 is 4.63. The summed E-state index contributed by atoms with van der Waals surface area (Å²) in [7, 11) is 0. The van der Waals surface area contributed by atoms with Crippen molar-refractivity contribution in [3.8, 4) is 12.3 Å². The van der Waals surface area contributed by atoms with E-state index in [2.05, 4.69) is 17.9 Å². The highest BCUT2D eigenvalue weighted by atomic mass is 16.5. The maximum atomic E-state index is 10.5. The largest absolute Gasteiger partial charge is 0.451 e. The molecule has 0 bridgehead atoms. The lowest BCUT2D eigenvalue weighted by molar-refractivity contribution is -0.135. The third kappa shape index (κ3) is 4.13. The maximum Gasteiger partial charge on any atom is 0.384 e. The maximum absolute atomic E-state index is 10.5. The topological polar surface area (TPSA) is 26.3 Å². The Labute approximate surface area is 72.2 Å². The van der Waals surface area contributed by atoms with E-state index in [1.807, 2.05) is 5.92 Å². The first-order valence-corrected chi connectivity index (χ1v) is 3.32. The molecule has 0 saturated carbocycles. The van der Waals surface area contributed by atoms with Crippen LogP contribution in [0, 0.1) is 12.3 Å². The molecule has 0 heterocycles. The highest BCUT2D eigenvalue weighted by molar-refractivity contribution is 5.87. The van der Waals surface area contributed by atoms with E-state index in [1.54, 1.807) is 18.2 Å². The Morgan fingerprint density at radius 1 is 1.58 bits per heavy atom. The number of allylic oxidation sites excluding steroid dienone is 2. The summed E-state index contributed by atoms with van der Waals surface area (Å²) in [6.07, 6.45) is 9.63. The van der Waals surface area contributed by atoms with Crippen LogP contribution in [0.1, 0.15) is 0 Å². The van der Waals surface area contributed by atoms with Crippen molar-refractivity contribution in [2.24, 2.45) is 0 Å². The van der Waals surface area contributed by atoms with Crippen LogP contribution in [-0.4, -0.2) is 12.6 Å². The Morgan fingerprint density at radius 2 is 2.25 bits per heavy atom. The third-order valence-electron chi connectivity index (χ3n) is 1.08. The Bertz CT molecular complexity index is 254. The number of carbonyl (C=O) groups is 1. The standard InChI is InChI=1S/C10H10O2/c1-4-7-9(5-2)8-12-10(11)6-3/h3-5,7H,1-2,8H2/b9-7+. The number of rotatable bonds is 4. The first-order valence-electron chi connectivity index (χ1n) is 3.32. The average Bonchev–Trinajstić information content (AvgIpc) is 2.11. The van der Waals surface area contributed by atoms with Gasteiger partial charge >= 0.3 is 5.97 Å². The second kappa shape index (κ2) is 5.99. The van der Waals surface area contributed by atoms with E-state index in [1.165, 1.54) is 0 Å². The fourth-order valence-electron chi connectivity index (χ4n) is 0.517. The highest BCUT2D eigenvalue weighted by Gasteiger charge is 1.96. The fraction of sp³-hybridized carbons (Fsp3) is 0.100. The Hall–Kier alpha value is -1.75. The number of hydrogen-bond acceptors (Lipinski definition) is 2. The van der Waals surface area contributed by atoms with Crippen molar-refractivity contribution in [1.29, 1.82) is 0 Å². The van der Waals surface area contributed by atoms with Gasteiger partial charge in [0.2, 0.25) is 0 Å². The van der Waals surface area contributed by atoms with E-state index < -0.39 is 5.97 Å². The van der Waals surface area contributed by atoms with Gasteiger partial charge in [-0.2, -0.15) is 0 Å². The van der Waals surface area contributed by atoms with Gasteiger partial charge in [-0.15, -0.1) is 6.42 Å². The number of carbonyl (C=O) groups excluding carboxylic acids is 1. The second-order valence-electron chi connectivity index (χ2n) is 1.90. The summed E-state index contributed by atoms with van der Waals surface area (Å²) in [4.78, 5) is 10.5. The molecule has 2 nitrogen and oxygen atoms in total. The lowest BCUT2D eigenvalue weighted by Crippen LogP contribution is -2.03. The first kappa shape index (κ1) is 10.2. The molecule has 0 aliphatic heterocycles. The molecule has 0 amide bonds. The van der Waals surface area contributed by atoms with Crippen LogP contribution in [0.3, 0.4) is 0 Å². The summed E-state index contributed by atoms with van der Waals surface area (Å²) in [5.74, 6) is 1.16. The van der Waals surface area contributed by atoms with E-state index in [0.29, 0.717) is 0 Å². The normalized spacial score (nSPS) is 9.75. The molecule has 0 aliphatic carbocycles. The van der Waals surface area contributed by atoms with E-state index in [-0.39, 0.29) is 6.61 Å². The molecule has 0 saturated heterocycles. The Morgan fingerprint density at radius 3 is 2.67 bits per heavy atom. The molecule has 0 atom stereocenters. The number of hydrogen-bond donors (Lipinski definition) is 0. The molecule has 0 unspecified atom stereocenters. The van der Waals surface area contributed by atoms with E-state index in [9.17, 15) is 4.79 Å². The van der Waals surface area contributed by atoms with E-state index in [0.717, 1.165) is 5.57 Å². The SMILES string of the molecule is C#CC(=O)OC/C(C=C)=C/C=C. The third-order valence-corrected chi connectivity index (χ3v) is 1.08. The summed E-state index contributed by atoms with van der Waals surface area (Å²) >= 11 is 0. The van der Waals surface area contributed by atoms with Crippen LogP contribution < -0.4 is 0 Å². The molecule has 0 fully saturated rings. The van der Waals surface area contributed by atoms with Crippen molar-refractivity contribution < 1.29 is 9.53 Å². The smallest absolute Gasteiger partial charge is 0.384 e. The molecule has 0 aliphatic rings. The van der Waals surface area contributed by atoms with Crippen LogP contribution in [0.15, 0.2) is 37.0 Å². The lowest BCUT2D eigenvalue weighted by Gasteiger charge is -1.99. The van der Waals surface area contributed by atoms with Crippen molar-refractivity contribution in [1.82, 2.24) is 0 Å². The van der Waals surface area contributed by atoms with Crippen LogP contribution in [0.2, 0.25) is 0 Å². The molecular weight excluding hydrogens is 152 g/mol. The monoisotopic (exact) mass is 162 g/mol. The molecule has 2 heteroatoms. The fourth-order valence-corrected chi connectivity index (χ4v) is 0.517. The zero-order valence-corrected chi connectivity index (χ0v) is 6.75. The lowest BCUT2D eigenvalue weighted by atomic mass is 10.2. The molecule has 0 N–H and O–H groups in total. The van der Waals surface area contributed by atoms with Crippen LogP contribution >= 0.6 is 0 Å². The van der Waals surface area contributed by atoms with Gasteiger partial charge in [0.1, 0.15) is 6.61 Å². The quantitative estimate of drug-likeness (QED) is 0.271. The molecular formula is C10H10O2. The molecule has 0 rings (SSSR count). The van der Waals surface area contributed by atoms with Crippen LogP contribution in [0.25, 0.3) is 0 Å². The van der Waals surface area contributed by atoms with Crippen LogP contribution in [0.5, 0.6) is 0 Å². The molecule has 0 aromatic carbocycles. The van der Waals surface area contributed by atoms with Crippen molar-refractivity contribution in [2.75, 3.05) is 6.61 Å². The second-order valence-corrected chi connectivity index (χ2v) is 1.90. The van der Waals surface area contributed by atoms with Gasteiger partial charge in [0, 0.05) is 5.92 Å². The summed E-state index contributed by atoms with van der Waals surface area (Å²) in [5.41, 5.74) is 0.758. The Balaban J connectivity index is 3.99. The van der Waals surface area contributed by atoms with Gasteiger partial charge < -0.3 is 4.74 Å². The zero-order valence-electron chi connectivity index (χ0n) is 6.75. The minimum atomic E-state index is -0.674. The number of esters is 1. The summed E-state index contributed by atoms with van der Waals surface area (Å²) in [6.45, 7) is 7.15. The molecule has 0 aromatic heterocycles. The average molecular weight is 162 g/mol. The molecule has 0 aromatic rings. The van der Waals surface area contributed by atoms with Gasteiger partial charge in [-0.3, -0.25) is 0 Å². The molecule has 0 spiro atoms. The van der Waals surface area contributed by atoms with Gasteiger partial charge in [0.25, 0.3) is 0 Å². The van der Waals surface area contributed by atoms with Crippen molar-refractivity contribution in [2.45, 2.75) is 0 Å². The molecule has 62 valence electrons. The van der Waals surface area contributed by atoms with Gasteiger partial charge in [0.15, 0.2) is 0 Å². The predicted molar refractivity (Wildman–Crippen MR) is 48.3 cm³/mol. The molecule has 0 radical (unpaired) electrons. The van der Waals surface area contributed by atoms with Gasteiger partial charge in [-0.25, -0.2) is 4.79 Å². The van der Waals surface area contributed by atoms with Gasteiger partial charge in [-0.1, -0.05) is 31.4 Å². The minimum Gasteiger partial charge on any atom is -0.451 e. The van der Waals surface area contributed by atoms with Gasteiger partial charge in [0.05, 0.1) is 0 Å². The number of terminal acetylenes is 1. The Kier molecular flexibility index (Phi) is 5.12. The van der Waals surface area contributed by atoms with Crippen LogP contribution in [-0.2, 0) is 9.53 Å². The van der Waals surface area contributed by atoms with Crippen LogP contribution in [0.4, 0.5) is 0 Å².